The molecule has 1 aromatic heterocycles. The number of nitrogens with zero attached hydrogens (tertiary/aromatic N) is 1. The Morgan fingerprint density at radius 2 is 2.18 bits per heavy atom. The van der Waals surface area contributed by atoms with Crippen LogP contribution in [0.15, 0.2) is 42.6 Å². The van der Waals surface area contributed by atoms with Gasteiger partial charge in [0.2, 0.25) is 0 Å². The molecule has 1 atom stereocenters. The molecule has 1 aliphatic carbocycles. The minimum Gasteiger partial charge on any atom is -0.377 e. The minimum atomic E-state index is 0.369. The summed E-state index contributed by atoms with van der Waals surface area (Å²) in [5.74, 6) is 0. The summed E-state index contributed by atoms with van der Waals surface area (Å²) in [6.45, 7) is 2.12. The van der Waals surface area contributed by atoms with Crippen molar-refractivity contribution >= 4 is 5.69 Å². The molecule has 0 amide bonds. The van der Waals surface area contributed by atoms with E-state index in [2.05, 4.69) is 47.6 Å². The standard InChI is InChI=1S/C15H16N2/c1-11-4-2-6-13(10-11)17-14-8-7-12-5-3-9-16-15(12)14/h2-6,9-10,14,17H,7-8H2,1H3. The predicted octanol–water partition coefficient (Wildman–Crippen LogP) is 3.49. The van der Waals surface area contributed by atoms with E-state index in [0.717, 1.165) is 12.8 Å². The molecular formula is C15H16N2. The van der Waals surface area contributed by atoms with Crippen LogP contribution < -0.4 is 5.32 Å². The highest BCUT2D eigenvalue weighted by Gasteiger charge is 2.22. The zero-order chi connectivity index (χ0) is 11.7. The average Bonchev–Trinajstić information content (AvgIpc) is 2.73. The first-order valence-electron chi connectivity index (χ1n) is 6.10. The van der Waals surface area contributed by atoms with Gasteiger partial charge in [0.1, 0.15) is 0 Å². The first-order chi connectivity index (χ1) is 8.33. The number of anilines is 1. The van der Waals surface area contributed by atoms with E-state index >= 15 is 0 Å². The highest BCUT2D eigenvalue weighted by Crippen LogP contribution is 2.31. The molecule has 0 aliphatic heterocycles. The summed E-state index contributed by atoms with van der Waals surface area (Å²) in [5.41, 5.74) is 5.08. The van der Waals surface area contributed by atoms with Crippen molar-refractivity contribution in [1.29, 1.82) is 0 Å². The Labute approximate surface area is 102 Å². The molecule has 0 fully saturated rings. The van der Waals surface area contributed by atoms with Crippen LogP contribution in [0.2, 0.25) is 0 Å². The maximum Gasteiger partial charge on any atom is 0.0691 e. The Hall–Kier alpha value is -1.83. The van der Waals surface area contributed by atoms with Gasteiger partial charge in [0.25, 0.3) is 0 Å². The highest BCUT2D eigenvalue weighted by molar-refractivity contribution is 5.48. The molecule has 1 aliphatic rings. The van der Waals surface area contributed by atoms with E-state index in [1.807, 2.05) is 12.3 Å². The van der Waals surface area contributed by atoms with E-state index in [4.69, 9.17) is 0 Å². The molecule has 0 saturated carbocycles. The SMILES string of the molecule is Cc1cccc(NC2CCc3cccnc32)c1. The zero-order valence-corrected chi connectivity index (χ0v) is 9.98. The van der Waals surface area contributed by atoms with Crippen LogP contribution in [0, 0.1) is 6.92 Å². The summed E-state index contributed by atoms with van der Waals surface area (Å²) >= 11 is 0. The van der Waals surface area contributed by atoms with Crippen LogP contribution in [0.5, 0.6) is 0 Å². The first kappa shape index (κ1) is 10.3. The van der Waals surface area contributed by atoms with Crippen LogP contribution in [0.4, 0.5) is 5.69 Å². The molecule has 86 valence electrons. The van der Waals surface area contributed by atoms with Crippen LogP contribution in [0.1, 0.15) is 29.3 Å². The van der Waals surface area contributed by atoms with Crippen LogP contribution in [0.3, 0.4) is 0 Å². The van der Waals surface area contributed by atoms with E-state index in [1.165, 1.54) is 22.5 Å². The molecule has 0 radical (unpaired) electrons. The molecule has 0 bridgehead atoms. The minimum absolute atomic E-state index is 0.369. The van der Waals surface area contributed by atoms with Gasteiger partial charge in [-0.1, -0.05) is 18.2 Å². The fourth-order valence-corrected chi connectivity index (χ4v) is 2.49. The third-order valence-electron chi connectivity index (χ3n) is 3.32. The lowest BCUT2D eigenvalue weighted by molar-refractivity contribution is 0.746. The fourth-order valence-electron chi connectivity index (χ4n) is 2.49. The zero-order valence-electron chi connectivity index (χ0n) is 9.98. The monoisotopic (exact) mass is 224 g/mol. The van der Waals surface area contributed by atoms with E-state index in [9.17, 15) is 0 Å². The van der Waals surface area contributed by atoms with Crippen LogP contribution in [-0.4, -0.2) is 4.98 Å². The predicted molar refractivity (Wildman–Crippen MR) is 70.1 cm³/mol. The van der Waals surface area contributed by atoms with Crippen molar-refractivity contribution in [2.75, 3.05) is 5.32 Å². The average molecular weight is 224 g/mol. The van der Waals surface area contributed by atoms with Gasteiger partial charge in [-0.05, 0) is 49.1 Å². The van der Waals surface area contributed by atoms with Gasteiger partial charge in [0.05, 0.1) is 11.7 Å². The number of rotatable bonds is 2. The van der Waals surface area contributed by atoms with Crippen molar-refractivity contribution in [3.63, 3.8) is 0 Å². The largest absolute Gasteiger partial charge is 0.377 e. The maximum atomic E-state index is 4.50. The molecule has 2 nitrogen and oxygen atoms in total. The number of aryl methyl sites for hydroxylation is 2. The molecule has 1 heterocycles. The molecular weight excluding hydrogens is 208 g/mol. The third-order valence-corrected chi connectivity index (χ3v) is 3.32. The number of nitrogens with one attached hydrogen (secondary N) is 1. The summed E-state index contributed by atoms with van der Waals surface area (Å²) in [6, 6.07) is 13.1. The summed E-state index contributed by atoms with van der Waals surface area (Å²) in [4.78, 5) is 4.50. The second kappa shape index (κ2) is 4.21. The van der Waals surface area contributed by atoms with Crippen molar-refractivity contribution in [3.05, 3.63) is 59.4 Å². The van der Waals surface area contributed by atoms with E-state index in [-0.39, 0.29) is 0 Å². The Bertz CT molecular complexity index is 534. The van der Waals surface area contributed by atoms with Crippen LogP contribution >= 0.6 is 0 Å². The van der Waals surface area contributed by atoms with Gasteiger partial charge in [-0.15, -0.1) is 0 Å². The Kier molecular flexibility index (Phi) is 2.56. The summed E-state index contributed by atoms with van der Waals surface area (Å²) in [6.07, 6.45) is 4.15. The molecule has 17 heavy (non-hydrogen) atoms. The summed E-state index contributed by atoms with van der Waals surface area (Å²) in [7, 11) is 0. The van der Waals surface area contributed by atoms with Crippen LogP contribution in [0.25, 0.3) is 0 Å². The quantitative estimate of drug-likeness (QED) is 0.844. The van der Waals surface area contributed by atoms with Gasteiger partial charge in [-0.3, -0.25) is 4.98 Å². The van der Waals surface area contributed by atoms with Crippen molar-refractivity contribution < 1.29 is 0 Å². The van der Waals surface area contributed by atoms with Gasteiger partial charge in [0, 0.05) is 11.9 Å². The highest BCUT2D eigenvalue weighted by atomic mass is 15.0. The smallest absolute Gasteiger partial charge is 0.0691 e. The molecule has 2 aromatic rings. The summed E-state index contributed by atoms with van der Waals surface area (Å²) < 4.78 is 0. The topological polar surface area (TPSA) is 24.9 Å². The van der Waals surface area contributed by atoms with Gasteiger partial charge < -0.3 is 5.32 Å². The van der Waals surface area contributed by atoms with E-state index in [1.54, 1.807) is 0 Å². The Morgan fingerprint density at radius 1 is 1.24 bits per heavy atom. The summed E-state index contributed by atoms with van der Waals surface area (Å²) in [5, 5.41) is 3.58. The van der Waals surface area contributed by atoms with Crippen molar-refractivity contribution in [2.45, 2.75) is 25.8 Å². The molecule has 2 heteroatoms. The van der Waals surface area contributed by atoms with Gasteiger partial charge in [0.15, 0.2) is 0 Å². The number of benzene rings is 1. The van der Waals surface area contributed by atoms with Crippen molar-refractivity contribution in [3.8, 4) is 0 Å². The first-order valence-corrected chi connectivity index (χ1v) is 6.10. The second-order valence-electron chi connectivity index (χ2n) is 4.65. The van der Waals surface area contributed by atoms with Crippen LogP contribution in [-0.2, 0) is 6.42 Å². The van der Waals surface area contributed by atoms with Gasteiger partial charge in [-0.2, -0.15) is 0 Å². The Morgan fingerprint density at radius 3 is 3.06 bits per heavy atom. The number of hydrogen-bond acceptors (Lipinski definition) is 2. The second-order valence-corrected chi connectivity index (χ2v) is 4.65. The molecule has 0 spiro atoms. The maximum absolute atomic E-state index is 4.50. The lowest BCUT2D eigenvalue weighted by atomic mass is 10.1. The molecule has 1 unspecified atom stereocenters. The van der Waals surface area contributed by atoms with E-state index < -0.39 is 0 Å². The fraction of sp³-hybridized carbons (Fsp3) is 0.267. The number of aromatic nitrogens is 1. The number of fused-ring (bicyclic) bond motifs is 1. The van der Waals surface area contributed by atoms with Crippen molar-refractivity contribution in [1.82, 2.24) is 4.98 Å². The van der Waals surface area contributed by atoms with E-state index in [0.29, 0.717) is 6.04 Å². The third kappa shape index (κ3) is 2.03. The number of hydrogen-bond donors (Lipinski definition) is 1. The van der Waals surface area contributed by atoms with Gasteiger partial charge in [-0.25, -0.2) is 0 Å². The number of pyridine rings is 1. The lowest BCUT2D eigenvalue weighted by Crippen LogP contribution is -2.08. The molecule has 1 N–H and O–H groups in total. The lowest BCUT2D eigenvalue weighted by Gasteiger charge is -2.14. The normalized spacial score (nSPS) is 17.8. The molecule has 3 rings (SSSR count). The van der Waals surface area contributed by atoms with Gasteiger partial charge >= 0.3 is 0 Å². The van der Waals surface area contributed by atoms with Crippen molar-refractivity contribution in [2.24, 2.45) is 0 Å². The molecule has 1 aromatic carbocycles. The molecule has 0 saturated heterocycles. The Balaban J connectivity index is 1.84.